The number of fused-ring (bicyclic) bond motifs is 1. The minimum atomic E-state index is 0.0726. The zero-order valence-corrected chi connectivity index (χ0v) is 9.91. The summed E-state index contributed by atoms with van der Waals surface area (Å²) >= 11 is 3.40. The Labute approximate surface area is 96.0 Å². The van der Waals surface area contributed by atoms with Crippen molar-refractivity contribution in [3.63, 3.8) is 0 Å². The normalized spacial score (nSPS) is 13.0. The van der Waals surface area contributed by atoms with Gasteiger partial charge in [-0.05, 0) is 35.0 Å². The standard InChI is InChI=1S/C10H12BrN3O/c1-6(12)5-13-10-14-8-4-2-3-7(11)9(8)15-10/h2-4,6H,5,12H2,1H3,(H,13,14). The number of rotatable bonds is 3. The highest BCUT2D eigenvalue weighted by Gasteiger charge is 2.07. The Balaban J connectivity index is 2.27. The number of hydrogen-bond donors (Lipinski definition) is 2. The van der Waals surface area contributed by atoms with Gasteiger partial charge in [0, 0.05) is 12.6 Å². The summed E-state index contributed by atoms with van der Waals surface area (Å²) in [6.07, 6.45) is 0. The van der Waals surface area contributed by atoms with Gasteiger partial charge in [0.25, 0.3) is 6.01 Å². The van der Waals surface area contributed by atoms with Crippen molar-refractivity contribution in [2.24, 2.45) is 5.73 Å². The van der Waals surface area contributed by atoms with E-state index in [1.807, 2.05) is 25.1 Å². The Kier molecular flexibility index (Phi) is 2.93. The fourth-order valence-corrected chi connectivity index (χ4v) is 1.68. The first kappa shape index (κ1) is 10.4. The molecule has 0 fully saturated rings. The molecule has 2 rings (SSSR count). The van der Waals surface area contributed by atoms with Gasteiger partial charge in [0.15, 0.2) is 5.58 Å². The number of hydrogen-bond acceptors (Lipinski definition) is 4. The largest absolute Gasteiger partial charge is 0.422 e. The summed E-state index contributed by atoms with van der Waals surface area (Å²) in [7, 11) is 0. The minimum Gasteiger partial charge on any atom is -0.422 e. The first-order chi connectivity index (χ1) is 7.16. The Morgan fingerprint density at radius 1 is 1.60 bits per heavy atom. The number of nitrogens with zero attached hydrogens (tertiary/aromatic N) is 1. The number of oxazole rings is 1. The van der Waals surface area contributed by atoms with Crippen LogP contribution in [-0.2, 0) is 0 Å². The van der Waals surface area contributed by atoms with Crippen LogP contribution in [0.5, 0.6) is 0 Å². The molecule has 5 heteroatoms. The van der Waals surface area contributed by atoms with E-state index >= 15 is 0 Å². The average molecular weight is 270 g/mol. The van der Waals surface area contributed by atoms with Crippen LogP contribution in [0.2, 0.25) is 0 Å². The fraction of sp³-hybridized carbons (Fsp3) is 0.300. The molecule has 0 aliphatic carbocycles. The molecule has 1 aromatic heterocycles. The third-order valence-electron chi connectivity index (χ3n) is 1.94. The topological polar surface area (TPSA) is 64.1 Å². The van der Waals surface area contributed by atoms with Crippen LogP contribution in [0, 0.1) is 0 Å². The molecule has 0 saturated carbocycles. The van der Waals surface area contributed by atoms with Gasteiger partial charge in [0.05, 0.1) is 4.47 Å². The molecule has 0 aliphatic heterocycles. The van der Waals surface area contributed by atoms with Gasteiger partial charge in [0.2, 0.25) is 0 Å². The zero-order valence-electron chi connectivity index (χ0n) is 8.33. The molecule has 0 spiro atoms. The quantitative estimate of drug-likeness (QED) is 0.898. The molecule has 0 amide bonds. The van der Waals surface area contributed by atoms with Gasteiger partial charge in [-0.3, -0.25) is 0 Å². The summed E-state index contributed by atoms with van der Waals surface area (Å²) in [6.45, 7) is 2.57. The maximum absolute atomic E-state index is 5.62. The van der Waals surface area contributed by atoms with Crippen LogP contribution in [-0.4, -0.2) is 17.6 Å². The van der Waals surface area contributed by atoms with Gasteiger partial charge < -0.3 is 15.5 Å². The van der Waals surface area contributed by atoms with Crippen molar-refractivity contribution in [1.82, 2.24) is 4.98 Å². The molecule has 1 unspecified atom stereocenters. The van der Waals surface area contributed by atoms with E-state index in [2.05, 4.69) is 26.2 Å². The van der Waals surface area contributed by atoms with Gasteiger partial charge in [-0.15, -0.1) is 0 Å². The number of benzene rings is 1. The van der Waals surface area contributed by atoms with Crippen molar-refractivity contribution < 1.29 is 4.42 Å². The highest BCUT2D eigenvalue weighted by atomic mass is 79.9. The van der Waals surface area contributed by atoms with E-state index in [0.717, 1.165) is 15.6 Å². The van der Waals surface area contributed by atoms with Gasteiger partial charge >= 0.3 is 0 Å². The summed E-state index contributed by atoms with van der Waals surface area (Å²) in [5.41, 5.74) is 7.21. The highest BCUT2D eigenvalue weighted by Crippen LogP contribution is 2.26. The molecule has 0 saturated heterocycles. The number of halogens is 1. The smallest absolute Gasteiger partial charge is 0.295 e. The van der Waals surface area contributed by atoms with Crippen LogP contribution >= 0.6 is 15.9 Å². The van der Waals surface area contributed by atoms with E-state index in [0.29, 0.717) is 12.6 Å². The summed E-state index contributed by atoms with van der Waals surface area (Å²) in [5.74, 6) is 0. The average Bonchev–Trinajstić information content (AvgIpc) is 2.59. The van der Waals surface area contributed by atoms with E-state index in [-0.39, 0.29) is 6.04 Å². The summed E-state index contributed by atoms with van der Waals surface area (Å²) in [4.78, 5) is 4.28. The van der Waals surface area contributed by atoms with Crippen LogP contribution < -0.4 is 11.1 Å². The second-order valence-corrected chi connectivity index (χ2v) is 4.32. The second-order valence-electron chi connectivity index (χ2n) is 3.47. The van der Waals surface area contributed by atoms with Crippen molar-refractivity contribution in [1.29, 1.82) is 0 Å². The zero-order chi connectivity index (χ0) is 10.8. The predicted octanol–water partition coefficient (Wildman–Crippen LogP) is 2.35. The number of para-hydroxylation sites is 1. The lowest BCUT2D eigenvalue weighted by Crippen LogP contribution is -2.25. The molecule has 1 aromatic carbocycles. The van der Waals surface area contributed by atoms with Crippen LogP contribution in [0.1, 0.15) is 6.92 Å². The molecule has 3 N–H and O–H groups in total. The van der Waals surface area contributed by atoms with Crippen molar-refractivity contribution in [2.75, 3.05) is 11.9 Å². The van der Waals surface area contributed by atoms with Crippen LogP contribution in [0.15, 0.2) is 27.1 Å². The van der Waals surface area contributed by atoms with E-state index in [4.69, 9.17) is 10.2 Å². The lowest BCUT2D eigenvalue weighted by Gasteiger charge is -2.03. The third-order valence-corrected chi connectivity index (χ3v) is 2.57. The van der Waals surface area contributed by atoms with Crippen molar-refractivity contribution in [2.45, 2.75) is 13.0 Å². The minimum absolute atomic E-state index is 0.0726. The first-order valence-electron chi connectivity index (χ1n) is 4.71. The number of anilines is 1. The maximum atomic E-state index is 5.62. The second kappa shape index (κ2) is 4.20. The van der Waals surface area contributed by atoms with Crippen LogP contribution in [0.25, 0.3) is 11.1 Å². The van der Waals surface area contributed by atoms with E-state index in [9.17, 15) is 0 Å². The van der Waals surface area contributed by atoms with Crippen molar-refractivity contribution in [3.05, 3.63) is 22.7 Å². The molecular weight excluding hydrogens is 258 g/mol. The molecular formula is C10H12BrN3O. The summed E-state index contributed by atoms with van der Waals surface area (Å²) in [5, 5.41) is 3.04. The number of aromatic nitrogens is 1. The lowest BCUT2D eigenvalue weighted by atomic mass is 10.3. The highest BCUT2D eigenvalue weighted by molar-refractivity contribution is 9.10. The van der Waals surface area contributed by atoms with Crippen molar-refractivity contribution >= 4 is 33.0 Å². The molecule has 80 valence electrons. The Hall–Kier alpha value is -1.07. The van der Waals surface area contributed by atoms with E-state index < -0.39 is 0 Å². The van der Waals surface area contributed by atoms with Crippen LogP contribution in [0.3, 0.4) is 0 Å². The molecule has 1 heterocycles. The monoisotopic (exact) mass is 269 g/mol. The fourth-order valence-electron chi connectivity index (χ4n) is 1.24. The number of nitrogens with two attached hydrogens (primary N) is 1. The Morgan fingerprint density at radius 2 is 2.40 bits per heavy atom. The lowest BCUT2D eigenvalue weighted by molar-refractivity contribution is 0.606. The molecule has 15 heavy (non-hydrogen) atoms. The van der Waals surface area contributed by atoms with Gasteiger partial charge in [-0.1, -0.05) is 6.07 Å². The van der Waals surface area contributed by atoms with E-state index in [1.54, 1.807) is 0 Å². The third kappa shape index (κ3) is 2.30. The molecule has 0 radical (unpaired) electrons. The van der Waals surface area contributed by atoms with E-state index in [1.165, 1.54) is 0 Å². The van der Waals surface area contributed by atoms with Crippen LogP contribution in [0.4, 0.5) is 6.01 Å². The Bertz CT molecular complexity index is 467. The first-order valence-corrected chi connectivity index (χ1v) is 5.50. The Morgan fingerprint density at radius 3 is 3.07 bits per heavy atom. The molecule has 0 aliphatic rings. The van der Waals surface area contributed by atoms with Crippen molar-refractivity contribution in [3.8, 4) is 0 Å². The molecule has 4 nitrogen and oxygen atoms in total. The predicted molar refractivity (Wildman–Crippen MR) is 63.8 cm³/mol. The number of nitrogens with one attached hydrogen (secondary N) is 1. The molecule has 1 atom stereocenters. The van der Waals surface area contributed by atoms with Gasteiger partial charge in [-0.25, -0.2) is 0 Å². The molecule has 0 bridgehead atoms. The SMILES string of the molecule is CC(N)CNc1nc2cccc(Br)c2o1. The molecule has 2 aromatic rings. The summed E-state index contributed by atoms with van der Waals surface area (Å²) < 4.78 is 6.43. The maximum Gasteiger partial charge on any atom is 0.295 e. The van der Waals surface area contributed by atoms with Gasteiger partial charge in [-0.2, -0.15) is 4.98 Å². The van der Waals surface area contributed by atoms with Gasteiger partial charge in [0.1, 0.15) is 5.52 Å². The summed E-state index contributed by atoms with van der Waals surface area (Å²) in [6, 6.07) is 6.32.